The summed E-state index contributed by atoms with van der Waals surface area (Å²) in [6, 6.07) is 14.4. The summed E-state index contributed by atoms with van der Waals surface area (Å²) in [6.45, 7) is 4.65. The van der Waals surface area contributed by atoms with E-state index in [0.717, 1.165) is 50.4 Å². The second-order valence-electron chi connectivity index (χ2n) is 6.02. The topological polar surface area (TPSA) is 30.3 Å². The molecule has 1 aliphatic heterocycles. The zero-order chi connectivity index (χ0) is 16.9. The Balaban J connectivity index is 1.63. The molecular weight excluding hydrogens is 325 g/mol. The van der Waals surface area contributed by atoms with Crippen molar-refractivity contribution in [2.75, 3.05) is 31.1 Å². The molecule has 0 spiro atoms. The number of hydrogen-bond donors (Lipinski definition) is 0. The van der Waals surface area contributed by atoms with Crippen molar-refractivity contribution in [2.45, 2.75) is 13.0 Å². The van der Waals surface area contributed by atoms with Gasteiger partial charge in [0.2, 0.25) is 0 Å². The minimum atomic E-state index is -0.196. The van der Waals surface area contributed by atoms with Crippen LogP contribution in [0.25, 0.3) is 0 Å². The normalized spacial score (nSPS) is 15.8. The molecule has 1 saturated heterocycles. The molecule has 3 rings (SSSR count). The Bertz CT molecular complexity index is 739. The van der Waals surface area contributed by atoms with E-state index in [2.05, 4.69) is 15.9 Å². The van der Waals surface area contributed by atoms with Crippen LogP contribution in [0.2, 0.25) is 5.02 Å². The lowest BCUT2D eigenvalue weighted by molar-refractivity contribution is 0.285. The smallest absolute Gasteiger partial charge is 0.123 e. The largest absolute Gasteiger partial charge is 0.370 e. The number of nitriles is 1. The van der Waals surface area contributed by atoms with E-state index >= 15 is 0 Å². The Morgan fingerprint density at radius 1 is 1.04 bits per heavy atom. The molecular formula is C19H19ClFN3. The van der Waals surface area contributed by atoms with E-state index in [1.54, 1.807) is 6.07 Å². The lowest BCUT2D eigenvalue weighted by Gasteiger charge is -2.24. The first kappa shape index (κ1) is 16.8. The number of nitrogens with zero attached hydrogens (tertiary/aromatic N) is 3. The Hall–Kier alpha value is -2.09. The summed E-state index contributed by atoms with van der Waals surface area (Å²) in [5, 5.41) is 9.48. The highest BCUT2D eigenvalue weighted by atomic mass is 35.5. The fraction of sp³-hybridized carbons (Fsp3) is 0.316. The van der Waals surface area contributed by atoms with E-state index in [9.17, 15) is 4.39 Å². The molecule has 24 heavy (non-hydrogen) atoms. The maximum Gasteiger partial charge on any atom is 0.123 e. The van der Waals surface area contributed by atoms with Gasteiger partial charge in [-0.25, -0.2) is 4.39 Å². The van der Waals surface area contributed by atoms with Crippen LogP contribution in [0.3, 0.4) is 0 Å². The predicted molar refractivity (Wildman–Crippen MR) is 94.7 cm³/mol. The first-order valence-corrected chi connectivity index (χ1v) is 8.45. The second kappa shape index (κ2) is 7.65. The average Bonchev–Trinajstić information content (AvgIpc) is 2.82. The number of halogens is 2. The van der Waals surface area contributed by atoms with Crippen LogP contribution in [0, 0.1) is 17.1 Å². The van der Waals surface area contributed by atoms with Crippen LogP contribution in [-0.2, 0) is 6.54 Å². The quantitative estimate of drug-likeness (QED) is 0.841. The van der Waals surface area contributed by atoms with Gasteiger partial charge in [0, 0.05) is 38.4 Å². The van der Waals surface area contributed by atoms with Gasteiger partial charge in [0.25, 0.3) is 0 Å². The fourth-order valence-electron chi connectivity index (χ4n) is 3.03. The van der Waals surface area contributed by atoms with Crippen molar-refractivity contribution in [3.8, 4) is 6.07 Å². The highest BCUT2D eigenvalue weighted by Gasteiger charge is 2.16. The van der Waals surface area contributed by atoms with E-state index in [4.69, 9.17) is 16.9 Å². The molecule has 5 heteroatoms. The molecule has 0 aromatic heterocycles. The first-order valence-electron chi connectivity index (χ1n) is 8.07. The van der Waals surface area contributed by atoms with Gasteiger partial charge < -0.3 is 4.90 Å². The molecule has 124 valence electrons. The zero-order valence-corrected chi connectivity index (χ0v) is 14.1. The summed E-state index contributed by atoms with van der Waals surface area (Å²) in [7, 11) is 0. The van der Waals surface area contributed by atoms with Crippen molar-refractivity contribution in [1.29, 1.82) is 5.26 Å². The summed E-state index contributed by atoms with van der Waals surface area (Å²) in [4.78, 5) is 4.69. The molecule has 0 N–H and O–H groups in total. The van der Waals surface area contributed by atoms with Crippen LogP contribution < -0.4 is 4.90 Å². The maximum atomic E-state index is 13.0. The van der Waals surface area contributed by atoms with Crippen LogP contribution in [0.4, 0.5) is 10.1 Å². The van der Waals surface area contributed by atoms with Crippen molar-refractivity contribution in [3.63, 3.8) is 0 Å². The van der Waals surface area contributed by atoms with Crippen molar-refractivity contribution < 1.29 is 4.39 Å². The van der Waals surface area contributed by atoms with Crippen LogP contribution >= 0.6 is 11.6 Å². The minimum Gasteiger partial charge on any atom is -0.370 e. The predicted octanol–water partition coefficient (Wildman–Crippen LogP) is 4.06. The summed E-state index contributed by atoms with van der Waals surface area (Å²) in [6.07, 6.45) is 1.05. The second-order valence-corrected chi connectivity index (χ2v) is 6.43. The third kappa shape index (κ3) is 4.05. The summed E-state index contributed by atoms with van der Waals surface area (Å²) in [5.74, 6) is -0.196. The van der Waals surface area contributed by atoms with Crippen LogP contribution in [0.5, 0.6) is 0 Å². The van der Waals surface area contributed by atoms with Gasteiger partial charge in [-0.15, -0.1) is 0 Å². The van der Waals surface area contributed by atoms with Crippen molar-refractivity contribution in [3.05, 3.63) is 64.4 Å². The lowest BCUT2D eigenvalue weighted by Crippen LogP contribution is -2.30. The van der Waals surface area contributed by atoms with Gasteiger partial charge in [0.1, 0.15) is 11.9 Å². The van der Waals surface area contributed by atoms with Gasteiger partial charge in [0.15, 0.2) is 0 Å². The van der Waals surface area contributed by atoms with E-state index in [1.807, 2.05) is 24.3 Å². The Morgan fingerprint density at radius 3 is 2.54 bits per heavy atom. The van der Waals surface area contributed by atoms with E-state index in [-0.39, 0.29) is 5.82 Å². The van der Waals surface area contributed by atoms with Crippen molar-refractivity contribution in [2.24, 2.45) is 0 Å². The van der Waals surface area contributed by atoms with E-state index in [1.165, 1.54) is 12.1 Å². The lowest BCUT2D eigenvalue weighted by atomic mass is 10.2. The molecule has 0 bridgehead atoms. The van der Waals surface area contributed by atoms with Crippen molar-refractivity contribution >= 4 is 17.3 Å². The molecule has 1 fully saturated rings. The standard InChI is InChI=1S/C19H19ClFN3/c20-19-12-18(7-4-16(19)13-22)24-9-1-8-23(10-11-24)14-15-2-5-17(21)6-3-15/h2-7,12H,1,8-11,14H2. The van der Waals surface area contributed by atoms with Gasteiger partial charge in [-0.3, -0.25) is 4.90 Å². The minimum absolute atomic E-state index is 0.196. The van der Waals surface area contributed by atoms with Gasteiger partial charge in [-0.1, -0.05) is 23.7 Å². The van der Waals surface area contributed by atoms with E-state index in [0.29, 0.717) is 10.6 Å². The van der Waals surface area contributed by atoms with Crippen LogP contribution in [-0.4, -0.2) is 31.1 Å². The fourth-order valence-corrected chi connectivity index (χ4v) is 3.24. The van der Waals surface area contributed by atoms with Crippen LogP contribution in [0.1, 0.15) is 17.5 Å². The molecule has 3 nitrogen and oxygen atoms in total. The number of hydrogen-bond acceptors (Lipinski definition) is 3. The van der Waals surface area contributed by atoms with Gasteiger partial charge >= 0.3 is 0 Å². The molecule has 2 aromatic rings. The maximum absolute atomic E-state index is 13.0. The van der Waals surface area contributed by atoms with E-state index < -0.39 is 0 Å². The molecule has 0 radical (unpaired) electrons. The van der Waals surface area contributed by atoms with Crippen LogP contribution in [0.15, 0.2) is 42.5 Å². The molecule has 1 aliphatic rings. The molecule has 0 atom stereocenters. The molecule has 0 amide bonds. The average molecular weight is 344 g/mol. The highest BCUT2D eigenvalue weighted by Crippen LogP contribution is 2.24. The molecule has 1 heterocycles. The van der Waals surface area contributed by atoms with Gasteiger partial charge in [-0.05, 0) is 42.3 Å². The zero-order valence-electron chi connectivity index (χ0n) is 13.4. The van der Waals surface area contributed by atoms with Gasteiger partial charge in [0.05, 0.1) is 10.6 Å². The Kier molecular flexibility index (Phi) is 5.34. The number of anilines is 1. The third-order valence-electron chi connectivity index (χ3n) is 4.35. The molecule has 0 saturated carbocycles. The number of rotatable bonds is 3. The number of benzene rings is 2. The third-order valence-corrected chi connectivity index (χ3v) is 4.66. The molecule has 0 unspecified atom stereocenters. The molecule has 2 aromatic carbocycles. The highest BCUT2D eigenvalue weighted by molar-refractivity contribution is 6.32. The van der Waals surface area contributed by atoms with Gasteiger partial charge in [-0.2, -0.15) is 5.26 Å². The summed E-state index contributed by atoms with van der Waals surface area (Å²) >= 11 is 6.15. The summed E-state index contributed by atoms with van der Waals surface area (Å²) < 4.78 is 13.0. The monoisotopic (exact) mass is 343 g/mol. The first-order chi connectivity index (χ1) is 11.7. The molecule has 0 aliphatic carbocycles. The Morgan fingerprint density at radius 2 is 1.83 bits per heavy atom. The SMILES string of the molecule is N#Cc1ccc(N2CCCN(Cc3ccc(F)cc3)CC2)cc1Cl. The Labute approximate surface area is 146 Å². The summed E-state index contributed by atoms with van der Waals surface area (Å²) in [5.41, 5.74) is 2.70. The van der Waals surface area contributed by atoms with Crippen molar-refractivity contribution in [1.82, 2.24) is 4.90 Å².